The third-order valence-electron chi connectivity index (χ3n) is 2.68. The molecular weight excluding hydrogens is 262 g/mol. The zero-order chi connectivity index (χ0) is 15.3. The zero-order valence-corrected chi connectivity index (χ0v) is 11.8. The van der Waals surface area contributed by atoms with Gasteiger partial charge in [-0.2, -0.15) is 0 Å². The summed E-state index contributed by atoms with van der Waals surface area (Å²) in [6.45, 7) is 3.94. The van der Waals surface area contributed by atoms with Crippen LogP contribution < -0.4 is 11.1 Å². The lowest BCUT2D eigenvalue weighted by Crippen LogP contribution is -2.32. The molecule has 0 bridgehead atoms. The van der Waals surface area contributed by atoms with E-state index in [1.54, 1.807) is 6.07 Å². The number of carbonyl (C=O) groups is 1. The Hall–Kier alpha value is -2.31. The van der Waals surface area contributed by atoms with Gasteiger partial charge in [0.15, 0.2) is 0 Å². The molecule has 0 aliphatic heterocycles. The summed E-state index contributed by atoms with van der Waals surface area (Å²) in [5.41, 5.74) is 6.18. The topological polar surface area (TPSA) is 107 Å². The van der Waals surface area contributed by atoms with Crippen LogP contribution in [0.4, 0.5) is 17.1 Å². The first-order valence-corrected chi connectivity index (χ1v) is 6.22. The van der Waals surface area contributed by atoms with Crippen molar-refractivity contribution in [2.75, 3.05) is 18.2 Å². The van der Waals surface area contributed by atoms with E-state index in [9.17, 15) is 14.9 Å². The van der Waals surface area contributed by atoms with E-state index in [1.165, 1.54) is 19.2 Å². The number of rotatable bonds is 6. The first kappa shape index (κ1) is 15.7. The van der Waals surface area contributed by atoms with Gasteiger partial charge < -0.3 is 15.8 Å². The summed E-state index contributed by atoms with van der Waals surface area (Å²) in [5, 5.41) is 13.7. The highest BCUT2D eigenvalue weighted by Gasteiger charge is 2.21. The van der Waals surface area contributed by atoms with Crippen molar-refractivity contribution in [1.82, 2.24) is 0 Å². The van der Waals surface area contributed by atoms with E-state index in [4.69, 9.17) is 10.5 Å². The smallest absolute Gasteiger partial charge is 0.328 e. The number of esters is 1. The molecule has 0 heterocycles. The molecule has 7 nitrogen and oxygen atoms in total. The molecule has 0 radical (unpaired) electrons. The first-order chi connectivity index (χ1) is 9.33. The van der Waals surface area contributed by atoms with Crippen molar-refractivity contribution in [3.05, 3.63) is 28.3 Å². The predicted octanol–water partition coefficient (Wildman–Crippen LogP) is 2.18. The second-order valence-corrected chi connectivity index (χ2v) is 4.92. The molecule has 0 aromatic heterocycles. The number of non-ortho nitro benzene ring substituents is 1. The van der Waals surface area contributed by atoms with Crippen LogP contribution in [0.2, 0.25) is 0 Å². The maximum absolute atomic E-state index is 11.7. The van der Waals surface area contributed by atoms with Gasteiger partial charge in [-0.05, 0) is 18.4 Å². The monoisotopic (exact) mass is 281 g/mol. The van der Waals surface area contributed by atoms with Crippen molar-refractivity contribution in [2.45, 2.75) is 26.3 Å². The number of anilines is 2. The lowest BCUT2D eigenvalue weighted by Gasteiger charge is -2.19. The highest BCUT2D eigenvalue weighted by atomic mass is 16.6. The van der Waals surface area contributed by atoms with Gasteiger partial charge in [-0.25, -0.2) is 4.79 Å². The Kier molecular flexibility index (Phi) is 5.31. The molecule has 0 aliphatic carbocycles. The summed E-state index contributed by atoms with van der Waals surface area (Å²) in [4.78, 5) is 22.0. The SMILES string of the molecule is COC(=O)C(CC(C)C)Nc1cc(N)cc([N+](=O)[O-])c1. The average molecular weight is 281 g/mol. The minimum atomic E-state index is -0.568. The van der Waals surface area contributed by atoms with Gasteiger partial charge in [0.2, 0.25) is 0 Å². The zero-order valence-electron chi connectivity index (χ0n) is 11.8. The summed E-state index contributed by atoms with van der Waals surface area (Å²) < 4.78 is 4.73. The summed E-state index contributed by atoms with van der Waals surface area (Å²) in [6.07, 6.45) is 0.551. The van der Waals surface area contributed by atoms with Crippen LogP contribution in [-0.4, -0.2) is 24.0 Å². The van der Waals surface area contributed by atoms with Crippen LogP contribution in [0.3, 0.4) is 0 Å². The molecule has 110 valence electrons. The van der Waals surface area contributed by atoms with Gasteiger partial charge >= 0.3 is 5.97 Å². The fourth-order valence-electron chi connectivity index (χ4n) is 1.85. The van der Waals surface area contributed by atoms with Gasteiger partial charge in [0.25, 0.3) is 5.69 Å². The normalized spacial score (nSPS) is 12.0. The number of hydrogen-bond acceptors (Lipinski definition) is 6. The molecule has 0 aliphatic rings. The molecule has 0 saturated carbocycles. The van der Waals surface area contributed by atoms with Crippen LogP contribution >= 0.6 is 0 Å². The number of benzene rings is 1. The minimum absolute atomic E-state index is 0.124. The summed E-state index contributed by atoms with van der Waals surface area (Å²) in [5.74, 6) is -0.147. The summed E-state index contributed by atoms with van der Waals surface area (Å²) in [7, 11) is 1.30. The van der Waals surface area contributed by atoms with Crippen LogP contribution in [0.1, 0.15) is 20.3 Å². The quantitative estimate of drug-likeness (QED) is 0.358. The molecule has 0 spiro atoms. The van der Waals surface area contributed by atoms with Gasteiger partial charge in [0.05, 0.1) is 12.0 Å². The Morgan fingerprint density at radius 3 is 2.60 bits per heavy atom. The Balaban J connectivity index is 2.98. The summed E-state index contributed by atoms with van der Waals surface area (Å²) >= 11 is 0. The van der Waals surface area contributed by atoms with Crippen molar-refractivity contribution in [2.24, 2.45) is 5.92 Å². The van der Waals surface area contributed by atoms with Crippen molar-refractivity contribution in [1.29, 1.82) is 0 Å². The highest BCUT2D eigenvalue weighted by molar-refractivity contribution is 5.79. The average Bonchev–Trinajstić information content (AvgIpc) is 2.35. The third kappa shape index (κ3) is 4.42. The number of methoxy groups -OCH3 is 1. The van der Waals surface area contributed by atoms with E-state index in [0.717, 1.165) is 0 Å². The molecule has 1 aromatic rings. The number of nitro groups is 1. The van der Waals surface area contributed by atoms with Gasteiger partial charge in [0, 0.05) is 23.5 Å². The lowest BCUT2D eigenvalue weighted by molar-refractivity contribution is -0.384. The Morgan fingerprint density at radius 1 is 1.45 bits per heavy atom. The van der Waals surface area contributed by atoms with Crippen molar-refractivity contribution in [3.8, 4) is 0 Å². The Morgan fingerprint density at radius 2 is 2.10 bits per heavy atom. The fraction of sp³-hybridized carbons (Fsp3) is 0.462. The molecule has 1 atom stereocenters. The van der Waals surface area contributed by atoms with Crippen molar-refractivity contribution < 1.29 is 14.5 Å². The largest absolute Gasteiger partial charge is 0.467 e. The second-order valence-electron chi connectivity index (χ2n) is 4.92. The number of nitrogen functional groups attached to an aromatic ring is 1. The third-order valence-corrected chi connectivity index (χ3v) is 2.68. The van der Waals surface area contributed by atoms with E-state index < -0.39 is 16.9 Å². The van der Waals surface area contributed by atoms with E-state index in [-0.39, 0.29) is 17.3 Å². The fourth-order valence-corrected chi connectivity index (χ4v) is 1.85. The Bertz CT molecular complexity index is 502. The Labute approximate surface area is 117 Å². The van der Waals surface area contributed by atoms with Crippen molar-refractivity contribution in [3.63, 3.8) is 0 Å². The van der Waals surface area contributed by atoms with Gasteiger partial charge in [-0.3, -0.25) is 10.1 Å². The van der Waals surface area contributed by atoms with Gasteiger partial charge in [-0.15, -0.1) is 0 Å². The van der Waals surface area contributed by atoms with E-state index >= 15 is 0 Å². The predicted molar refractivity (Wildman–Crippen MR) is 76.4 cm³/mol. The van der Waals surface area contributed by atoms with Crippen LogP contribution in [-0.2, 0) is 9.53 Å². The maximum Gasteiger partial charge on any atom is 0.328 e. The molecule has 1 aromatic carbocycles. The van der Waals surface area contributed by atoms with E-state index in [1.807, 2.05) is 13.8 Å². The number of carbonyl (C=O) groups excluding carboxylic acids is 1. The molecule has 1 unspecified atom stereocenters. The minimum Gasteiger partial charge on any atom is -0.467 e. The molecule has 0 saturated heterocycles. The van der Waals surface area contributed by atoms with Crippen LogP contribution in [0.5, 0.6) is 0 Å². The molecular formula is C13H19N3O4. The number of nitro benzene ring substituents is 1. The molecule has 7 heteroatoms. The van der Waals surface area contributed by atoms with E-state index in [0.29, 0.717) is 12.1 Å². The van der Waals surface area contributed by atoms with Crippen LogP contribution in [0.15, 0.2) is 18.2 Å². The highest BCUT2D eigenvalue weighted by Crippen LogP contribution is 2.24. The molecule has 3 N–H and O–H groups in total. The standard InChI is InChI=1S/C13H19N3O4/c1-8(2)4-12(13(17)20-3)15-10-5-9(14)6-11(7-10)16(18)19/h5-8,12,15H,4,14H2,1-3H3. The number of nitrogens with zero attached hydrogens (tertiary/aromatic N) is 1. The van der Waals surface area contributed by atoms with Crippen LogP contribution in [0, 0.1) is 16.0 Å². The first-order valence-electron chi connectivity index (χ1n) is 6.22. The summed E-state index contributed by atoms with van der Waals surface area (Å²) in [6, 6.07) is 3.58. The molecule has 0 fully saturated rings. The van der Waals surface area contributed by atoms with Gasteiger partial charge in [0.1, 0.15) is 6.04 Å². The number of ether oxygens (including phenoxy) is 1. The lowest BCUT2D eigenvalue weighted by atomic mass is 10.0. The van der Waals surface area contributed by atoms with Crippen molar-refractivity contribution >= 4 is 23.0 Å². The number of nitrogens with two attached hydrogens (primary N) is 1. The second kappa shape index (κ2) is 6.74. The molecule has 20 heavy (non-hydrogen) atoms. The molecule has 1 rings (SSSR count). The van der Waals surface area contributed by atoms with Gasteiger partial charge in [-0.1, -0.05) is 13.8 Å². The maximum atomic E-state index is 11.7. The van der Waals surface area contributed by atoms with Crippen LogP contribution in [0.25, 0.3) is 0 Å². The number of hydrogen-bond donors (Lipinski definition) is 2. The van der Waals surface area contributed by atoms with E-state index in [2.05, 4.69) is 5.32 Å². The molecule has 0 amide bonds. The number of nitrogens with one attached hydrogen (secondary N) is 1.